The number of aromatic nitrogens is 1. The van der Waals surface area contributed by atoms with Crippen LogP contribution < -0.4 is 5.32 Å². The Kier molecular flexibility index (Phi) is 3.21. The summed E-state index contributed by atoms with van der Waals surface area (Å²) in [6, 6.07) is 5.08. The summed E-state index contributed by atoms with van der Waals surface area (Å²) in [7, 11) is 0. The van der Waals surface area contributed by atoms with E-state index < -0.39 is 11.9 Å². The molecule has 2 aromatic rings. The summed E-state index contributed by atoms with van der Waals surface area (Å²) in [4.78, 5) is 29.2. The van der Waals surface area contributed by atoms with Crippen molar-refractivity contribution in [2.24, 2.45) is 5.92 Å². The predicted octanol–water partition coefficient (Wildman–Crippen LogP) is 2.64. The standard InChI is InChI=1S/C16H17N3O4/c20-15(21)10-5-6-19(8-10)16(22)17-11-3-4-12-13(7-11)23-14(18-12)9-1-2-9/h3-4,7,9-10H,1-2,5-6,8H2,(H,17,22)(H,20,21). The van der Waals surface area contributed by atoms with E-state index in [4.69, 9.17) is 9.52 Å². The zero-order valence-corrected chi connectivity index (χ0v) is 12.5. The van der Waals surface area contributed by atoms with Crippen LogP contribution in [0.25, 0.3) is 11.1 Å². The molecule has 2 fully saturated rings. The fourth-order valence-electron chi connectivity index (χ4n) is 2.87. The number of amides is 2. The van der Waals surface area contributed by atoms with Crippen LogP contribution in [-0.4, -0.2) is 40.1 Å². The Balaban J connectivity index is 1.46. The lowest BCUT2D eigenvalue weighted by atomic mass is 10.1. The molecule has 1 saturated heterocycles. The van der Waals surface area contributed by atoms with Crippen LogP contribution in [0.5, 0.6) is 0 Å². The van der Waals surface area contributed by atoms with E-state index >= 15 is 0 Å². The molecule has 1 saturated carbocycles. The Labute approximate surface area is 132 Å². The maximum absolute atomic E-state index is 12.2. The van der Waals surface area contributed by atoms with E-state index in [1.165, 1.54) is 4.90 Å². The van der Waals surface area contributed by atoms with Crippen molar-refractivity contribution in [3.05, 3.63) is 24.1 Å². The molecule has 2 amide bonds. The van der Waals surface area contributed by atoms with E-state index in [0.29, 0.717) is 30.2 Å². The summed E-state index contributed by atoms with van der Waals surface area (Å²) < 4.78 is 5.73. The number of hydrogen-bond acceptors (Lipinski definition) is 4. The summed E-state index contributed by atoms with van der Waals surface area (Å²) in [6.07, 6.45) is 2.74. The van der Waals surface area contributed by atoms with Crippen LogP contribution in [0.2, 0.25) is 0 Å². The van der Waals surface area contributed by atoms with Crippen molar-refractivity contribution in [1.29, 1.82) is 0 Å². The molecule has 120 valence electrons. The lowest BCUT2D eigenvalue weighted by Crippen LogP contribution is -2.33. The van der Waals surface area contributed by atoms with Gasteiger partial charge in [-0.2, -0.15) is 0 Å². The molecule has 0 spiro atoms. The van der Waals surface area contributed by atoms with Gasteiger partial charge in [0.1, 0.15) is 5.52 Å². The number of aliphatic carboxylic acids is 1. The summed E-state index contributed by atoms with van der Waals surface area (Å²) in [5.74, 6) is -0.111. The number of anilines is 1. The largest absolute Gasteiger partial charge is 0.481 e. The monoisotopic (exact) mass is 315 g/mol. The first-order valence-corrected chi connectivity index (χ1v) is 7.79. The first-order valence-electron chi connectivity index (χ1n) is 7.79. The number of oxazole rings is 1. The molecule has 4 rings (SSSR count). The maximum atomic E-state index is 12.2. The van der Waals surface area contributed by atoms with Gasteiger partial charge in [-0.3, -0.25) is 4.79 Å². The van der Waals surface area contributed by atoms with Crippen molar-refractivity contribution in [3.8, 4) is 0 Å². The average Bonchev–Trinajstić information content (AvgIpc) is 3.10. The summed E-state index contributed by atoms with van der Waals surface area (Å²) in [6.45, 7) is 0.705. The second kappa shape index (κ2) is 5.26. The SMILES string of the molecule is O=C(O)C1CCN(C(=O)Nc2ccc3nc(C4CC4)oc3c2)C1. The third-order valence-corrected chi connectivity index (χ3v) is 4.41. The van der Waals surface area contributed by atoms with E-state index in [-0.39, 0.29) is 12.6 Å². The zero-order valence-electron chi connectivity index (χ0n) is 12.5. The predicted molar refractivity (Wildman–Crippen MR) is 82.3 cm³/mol. The zero-order chi connectivity index (χ0) is 16.0. The Morgan fingerprint density at radius 1 is 1.30 bits per heavy atom. The van der Waals surface area contributed by atoms with E-state index in [9.17, 15) is 9.59 Å². The maximum Gasteiger partial charge on any atom is 0.321 e. The molecule has 1 atom stereocenters. The Hall–Kier alpha value is -2.57. The van der Waals surface area contributed by atoms with Gasteiger partial charge in [0.15, 0.2) is 11.5 Å². The fourth-order valence-corrected chi connectivity index (χ4v) is 2.87. The molecule has 1 unspecified atom stereocenters. The molecule has 0 bridgehead atoms. The van der Waals surface area contributed by atoms with Crippen molar-refractivity contribution in [2.45, 2.75) is 25.2 Å². The van der Waals surface area contributed by atoms with Crippen LogP contribution in [-0.2, 0) is 4.79 Å². The Morgan fingerprint density at radius 2 is 2.13 bits per heavy atom. The second-order valence-corrected chi connectivity index (χ2v) is 6.21. The molecule has 2 heterocycles. The molecule has 1 aliphatic heterocycles. The number of carboxylic acid groups (broad SMARTS) is 1. The molecule has 2 aliphatic rings. The Bertz CT molecular complexity index is 781. The van der Waals surface area contributed by atoms with Crippen LogP contribution in [0, 0.1) is 5.92 Å². The van der Waals surface area contributed by atoms with Gasteiger partial charge >= 0.3 is 12.0 Å². The van der Waals surface area contributed by atoms with Gasteiger partial charge in [0.25, 0.3) is 0 Å². The van der Waals surface area contributed by atoms with E-state index in [1.807, 2.05) is 6.07 Å². The van der Waals surface area contributed by atoms with Crippen molar-refractivity contribution in [1.82, 2.24) is 9.88 Å². The first kappa shape index (κ1) is 14.0. The van der Waals surface area contributed by atoms with Crippen LogP contribution in [0.1, 0.15) is 31.1 Å². The van der Waals surface area contributed by atoms with Crippen molar-refractivity contribution in [2.75, 3.05) is 18.4 Å². The van der Waals surface area contributed by atoms with Gasteiger partial charge in [-0.15, -0.1) is 0 Å². The van der Waals surface area contributed by atoms with Crippen molar-refractivity contribution < 1.29 is 19.1 Å². The Morgan fingerprint density at radius 3 is 2.83 bits per heavy atom. The van der Waals surface area contributed by atoms with Gasteiger partial charge in [0.2, 0.25) is 0 Å². The third kappa shape index (κ3) is 2.74. The van der Waals surface area contributed by atoms with Crippen molar-refractivity contribution >= 4 is 28.8 Å². The second-order valence-electron chi connectivity index (χ2n) is 6.21. The fraction of sp³-hybridized carbons (Fsp3) is 0.438. The summed E-state index contributed by atoms with van der Waals surface area (Å²) >= 11 is 0. The molecule has 7 heteroatoms. The minimum Gasteiger partial charge on any atom is -0.481 e. The molecule has 2 N–H and O–H groups in total. The minimum absolute atomic E-state index is 0.248. The lowest BCUT2D eigenvalue weighted by Gasteiger charge is -2.16. The third-order valence-electron chi connectivity index (χ3n) is 4.41. The minimum atomic E-state index is -0.851. The topological polar surface area (TPSA) is 95.7 Å². The molecule has 1 aliphatic carbocycles. The highest BCUT2D eigenvalue weighted by atomic mass is 16.4. The highest BCUT2D eigenvalue weighted by molar-refractivity contribution is 5.92. The number of likely N-dealkylation sites (tertiary alicyclic amines) is 1. The number of nitrogens with zero attached hydrogens (tertiary/aromatic N) is 2. The number of fused-ring (bicyclic) bond motifs is 1. The number of rotatable bonds is 3. The van der Waals surface area contributed by atoms with Gasteiger partial charge < -0.3 is 19.7 Å². The molecule has 1 aromatic carbocycles. The molecular weight excluding hydrogens is 298 g/mol. The van der Waals surface area contributed by atoms with Crippen LogP contribution in [0.3, 0.4) is 0 Å². The number of carboxylic acids is 1. The van der Waals surface area contributed by atoms with Gasteiger partial charge in [-0.1, -0.05) is 0 Å². The summed E-state index contributed by atoms with van der Waals surface area (Å²) in [5, 5.41) is 11.8. The van der Waals surface area contributed by atoms with E-state index in [0.717, 1.165) is 24.2 Å². The van der Waals surface area contributed by atoms with Gasteiger partial charge in [-0.25, -0.2) is 9.78 Å². The van der Waals surface area contributed by atoms with E-state index in [2.05, 4.69) is 10.3 Å². The van der Waals surface area contributed by atoms with E-state index in [1.54, 1.807) is 12.1 Å². The number of carbonyl (C=O) groups excluding carboxylic acids is 1. The number of nitrogens with one attached hydrogen (secondary N) is 1. The van der Waals surface area contributed by atoms with Gasteiger partial charge in [0.05, 0.1) is 5.92 Å². The lowest BCUT2D eigenvalue weighted by molar-refractivity contribution is -0.141. The molecule has 7 nitrogen and oxygen atoms in total. The molecule has 23 heavy (non-hydrogen) atoms. The van der Waals surface area contributed by atoms with Crippen molar-refractivity contribution in [3.63, 3.8) is 0 Å². The highest BCUT2D eigenvalue weighted by Crippen LogP contribution is 2.40. The first-order chi connectivity index (χ1) is 11.1. The molecular formula is C16H17N3O4. The van der Waals surface area contributed by atoms with Crippen LogP contribution in [0.15, 0.2) is 22.6 Å². The van der Waals surface area contributed by atoms with Gasteiger partial charge in [-0.05, 0) is 31.4 Å². The number of benzene rings is 1. The van der Waals surface area contributed by atoms with Crippen LogP contribution >= 0.6 is 0 Å². The van der Waals surface area contributed by atoms with Gasteiger partial charge in [0, 0.05) is 30.8 Å². The average molecular weight is 315 g/mol. The number of hydrogen-bond donors (Lipinski definition) is 2. The van der Waals surface area contributed by atoms with Crippen LogP contribution in [0.4, 0.5) is 10.5 Å². The smallest absolute Gasteiger partial charge is 0.321 e. The molecule has 1 aromatic heterocycles. The molecule has 0 radical (unpaired) electrons. The quantitative estimate of drug-likeness (QED) is 0.907. The highest BCUT2D eigenvalue weighted by Gasteiger charge is 2.31. The number of urea groups is 1. The number of carbonyl (C=O) groups is 2. The summed E-state index contributed by atoms with van der Waals surface area (Å²) in [5.41, 5.74) is 2.08. The normalized spacial score (nSPS) is 20.9.